The van der Waals surface area contributed by atoms with Gasteiger partial charge in [-0.3, -0.25) is 9.62 Å². The lowest BCUT2D eigenvalue weighted by molar-refractivity contribution is 0.186. The maximum atomic E-state index is 11.5. The number of aromatic nitrogens is 2. The number of nitrogens with one attached hydrogen (secondary N) is 2. The van der Waals surface area contributed by atoms with E-state index >= 15 is 0 Å². The van der Waals surface area contributed by atoms with Gasteiger partial charge in [-0.1, -0.05) is 24.6 Å². The highest BCUT2D eigenvalue weighted by molar-refractivity contribution is 7.92. The summed E-state index contributed by atoms with van der Waals surface area (Å²) in [5.41, 5.74) is 3.20. The van der Waals surface area contributed by atoms with Crippen molar-refractivity contribution in [3.05, 3.63) is 47.1 Å². The number of nitrogens with zero attached hydrogens (tertiary/aromatic N) is 2. The van der Waals surface area contributed by atoms with Gasteiger partial charge in [0.25, 0.3) is 0 Å². The van der Waals surface area contributed by atoms with Gasteiger partial charge in [0, 0.05) is 28.0 Å². The highest BCUT2D eigenvalue weighted by Gasteiger charge is 2.28. The summed E-state index contributed by atoms with van der Waals surface area (Å²) in [6, 6.07) is 8.29. The molecule has 0 spiro atoms. The van der Waals surface area contributed by atoms with E-state index in [9.17, 15) is 8.42 Å². The van der Waals surface area contributed by atoms with Crippen LogP contribution in [0.5, 0.6) is 0 Å². The quantitative estimate of drug-likeness (QED) is 0.698. The molecule has 4 rings (SSSR count). The summed E-state index contributed by atoms with van der Waals surface area (Å²) in [6.07, 6.45) is 6.83. The minimum atomic E-state index is -3.32. The Balaban J connectivity index is 1.76. The van der Waals surface area contributed by atoms with Crippen molar-refractivity contribution in [1.29, 1.82) is 0 Å². The summed E-state index contributed by atoms with van der Waals surface area (Å²) >= 11 is 1.33. The molecule has 3 aromatic rings. The number of hydrogen-bond donors (Lipinski definition) is 2. The molecule has 3 heterocycles. The van der Waals surface area contributed by atoms with Crippen LogP contribution in [0.4, 0.5) is 5.13 Å². The number of H-pyrrole nitrogens is 1. The molecule has 0 aliphatic carbocycles. The molecule has 1 fully saturated rings. The van der Waals surface area contributed by atoms with Gasteiger partial charge in [0.15, 0.2) is 5.13 Å². The van der Waals surface area contributed by atoms with Gasteiger partial charge in [0.2, 0.25) is 10.0 Å². The van der Waals surface area contributed by atoms with Gasteiger partial charge in [-0.25, -0.2) is 13.4 Å². The summed E-state index contributed by atoms with van der Waals surface area (Å²) in [4.78, 5) is 10.4. The molecule has 1 atom stereocenters. The predicted octanol–water partition coefficient (Wildman–Crippen LogP) is 3.57. The number of benzene rings is 1. The van der Waals surface area contributed by atoms with Gasteiger partial charge >= 0.3 is 0 Å². The lowest BCUT2D eigenvalue weighted by Gasteiger charge is -2.33. The molecule has 2 N–H and O–H groups in total. The first-order chi connectivity index (χ1) is 12.5. The number of piperidine rings is 1. The summed E-state index contributed by atoms with van der Waals surface area (Å²) < 4.78 is 25.5. The Morgan fingerprint density at radius 3 is 2.77 bits per heavy atom. The first-order valence-electron chi connectivity index (χ1n) is 8.74. The van der Waals surface area contributed by atoms with Gasteiger partial charge in [0.1, 0.15) is 0 Å². The molecule has 138 valence electrons. The molecule has 1 aromatic carbocycles. The van der Waals surface area contributed by atoms with Crippen molar-refractivity contribution >= 4 is 37.4 Å². The molecule has 6 nitrogen and oxygen atoms in total. The van der Waals surface area contributed by atoms with Crippen molar-refractivity contribution < 1.29 is 8.42 Å². The normalized spacial score (nSPS) is 17.4. The molecule has 0 saturated carbocycles. The average Bonchev–Trinajstić information content (AvgIpc) is 3.23. The SMILES string of the molecule is CS(=O)(=O)Nc1nc(C(c2c[nH]c3ccccc23)N2CCCCC2)cs1. The third kappa shape index (κ3) is 3.62. The lowest BCUT2D eigenvalue weighted by atomic mass is 9.99. The van der Waals surface area contributed by atoms with Crippen LogP contribution in [-0.2, 0) is 10.0 Å². The van der Waals surface area contributed by atoms with Crippen LogP contribution in [-0.4, -0.2) is 42.6 Å². The molecule has 1 aliphatic rings. The number of likely N-dealkylation sites (tertiary alicyclic amines) is 1. The van der Waals surface area contributed by atoms with Crippen molar-refractivity contribution in [3.8, 4) is 0 Å². The molecular weight excluding hydrogens is 368 g/mol. The molecule has 1 unspecified atom stereocenters. The number of hydrogen-bond acceptors (Lipinski definition) is 5. The van der Waals surface area contributed by atoms with Gasteiger partial charge in [-0.2, -0.15) is 0 Å². The van der Waals surface area contributed by atoms with Crippen LogP contribution in [0.25, 0.3) is 10.9 Å². The molecule has 1 saturated heterocycles. The van der Waals surface area contributed by atoms with Gasteiger partial charge in [0.05, 0.1) is 18.0 Å². The van der Waals surface area contributed by atoms with Crippen molar-refractivity contribution in [1.82, 2.24) is 14.9 Å². The maximum absolute atomic E-state index is 11.5. The summed E-state index contributed by atoms with van der Waals surface area (Å²) in [6.45, 7) is 2.05. The van der Waals surface area contributed by atoms with E-state index in [4.69, 9.17) is 0 Å². The molecule has 0 amide bonds. The summed E-state index contributed by atoms with van der Waals surface area (Å²) in [5, 5.41) is 3.58. The molecule has 8 heteroatoms. The zero-order valence-electron chi connectivity index (χ0n) is 14.6. The Morgan fingerprint density at radius 2 is 2.00 bits per heavy atom. The predicted molar refractivity (Wildman–Crippen MR) is 106 cm³/mol. The Morgan fingerprint density at radius 1 is 1.23 bits per heavy atom. The topological polar surface area (TPSA) is 78.1 Å². The molecule has 1 aliphatic heterocycles. The monoisotopic (exact) mass is 390 g/mol. The van der Waals surface area contributed by atoms with Crippen LogP contribution in [0, 0.1) is 0 Å². The zero-order valence-corrected chi connectivity index (χ0v) is 16.2. The van der Waals surface area contributed by atoms with E-state index in [0.717, 1.165) is 30.6 Å². The Bertz CT molecular complexity index is 1000. The Kier molecular flexibility index (Phi) is 4.73. The van der Waals surface area contributed by atoms with E-state index < -0.39 is 10.0 Å². The average molecular weight is 391 g/mol. The van der Waals surface area contributed by atoms with Crippen LogP contribution in [0.3, 0.4) is 0 Å². The van der Waals surface area contributed by atoms with Crippen LogP contribution >= 0.6 is 11.3 Å². The second-order valence-corrected chi connectivity index (χ2v) is 9.35. The van der Waals surface area contributed by atoms with Crippen LogP contribution in [0.15, 0.2) is 35.8 Å². The number of sulfonamides is 1. The van der Waals surface area contributed by atoms with Gasteiger partial charge in [-0.05, 0) is 32.0 Å². The van der Waals surface area contributed by atoms with Gasteiger partial charge in [-0.15, -0.1) is 11.3 Å². The zero-order chi connectivity index (χ0) is 18.1. The molecule has 0 radical (unpaired) electrons. The lowest BCUT2D eigenvalue weighted by Crippen LogP contribution is -2.34. The van der Waals surface area contributed by atoms with E-state index in [0.29, 0.717) is 5.13 Å². The van der Waals surface area contributed by atoms with Crippen molar-refractivity contribution in [2.75, 3.05) is 24.1 Å². The number of aromatic amines is 1. The molecular formula is C18H22N4O2S2. The molecule has 2 aromatic heterocycles. The first kappa shape index (κ1) is 17.5. The van der Waals surface area contributed by atoms with Crippen LogP contribution in [0.2, 0.25) is 0 Å². The molecule has 26 heavy (non-hydrogen) atoms. The smallest absolute Gasteiger partial charge is 0.231 e. The number of rotatable bonds is 5. The fourth-order valence-electron chi connectivity index (χ4n) is 3.66. The van der Waals surface area contributed by atoms with E-state index in [2.05, 4.69) is 37.9 Å². The summed E-state index contributed by atoms with van der Waals surface area (Å²) in [7, 11) is -3.32. The van der Waals surface area contributed by atoms with Gasteiger partial charge < -0.3 is 4.98 Å². The maximum Gasteiger partial charge on any atom is 0.231 e. The van der Waals surface area contributed by atoms with Crippen LogP contribution in [0.1, 0.15) is 36.6 Å². The molecule has 0 bridgehead atoms. The number of anilines is 1. The van der Waals surface area contributed by atoms with Crippen molar-refractivity contribution in [2.45, 2.75) is 25.3 Å². The van der Waals surface area contributed by atoms with Crippen LogP contribution < -0.4 is 4.72 Å². The van der Waals surface area contributed by atoms with Crippen molar-refractivity contribution in [2.24, 2.45) is 0 Å². The third-order valence-corrected chi connectivity index (χ3v) is 6.22. The minimum Gasteiger partial charge on any atom is -0.361 e. The number of thiazole rings is 1. The Labute approximate surface area is 157 Å². The third-order valence-electron chi connectivity index (χ3n) is 4.75. The summed E-state index contributed by atoms with van der Waals surface area (Å²) in [5.74, 6) is 0. The highest BCUT2D eigenvalue weighted by atomic mass is 32.2. The standard InChI is InChI=1S/C18H22N4O2S2/c1-26(23,24)21-18-20-16(12-25-18)17(22-9-5-2-6-10-22)14-11-19-15-8-4-3-7-13(14)15/h3-4,7-8,11-12,17,19H,2,5-6,9-10H2,1H3,(H,20,21). The second-order valence-electron chi connectivity index (χ2n) is 6.74. The fraction of sp³-hybridized carbons (Fsp3) is 0.389. The number of para-hydroxylation sites is 1. The Hall–Kier alpha value is -1.90. The largest absolute Gasteiger partial charge is 0.361 e. The second kappa shape index (κ2) is 7.02. The van der Waals surface area contributed by atoms with E-state index in [1.54, 1.807) is 0 Å². The highest BCUT2D eigenvalue weighted by Crippen LogP contribution is 2.36. The fourth-order valence-corrected chi connectivity index (χ4v) is 5.24. The van der Waals surface area contributed by atoms with E-state index in [1.807, 2.05) is 17.5 Å². The van der Waals surface area contributed by atoms with Crippen molar-refractivity contribution in [3.63, 3.8) is 0 Å². The minimum absolute atomic E-state index is 0.0258. The van der Waals surface area contributed by atoms with E-state index in [1.165, 1.54) is 41.5 Å². The number of fused-ring (bicyclic) bond motifs is 1. The van der Waals surface area contributed by atoms with E-state index in [-0.39, 0.29) is 6.04 Å². The first-order valence-corrected chi connectivity index (χ1v) is 11.5.